The van der Waals surface area contributed by atoms with Gasteiger partial charge in [0.2, 0.25) is 11.8 Å². The molecule has 2 atom stereocenters. The summed E-state index contributed by atoms with van der Waals surface area (Å²) in [7, 11) is 0. The van der Waals surface area contributed by atoms with Crippen LogP contribution in [0.4, 0.5) is 8.78 Å². The zero-order chi connectivity index (χ0) is 18.8. The van der Waals surface area contributed by atoms with Gasteiger partial charge in [0, 0.05) is 31.6 Å². The van der Waals surface area contributed by atoms with E-state index in [2.05, 4.69) is 10.6 Å². The summed E-state index contributed by atoms with van der Waals surface area (Å²) in [6.07, 6.45) is -2.08. The number of alkyl halides is 2. The van der Waals surface area contributed by atoms with Crippen molar-refractivity contribution in [3.63, 3.8) is 0 Å². The van der Waals surface area contributed by atoms with Crippen LogP contribution in [-0.4, -0.2) is 47.7 Å². The Morgan fingerprint density at radius 1 is 1.31 bits per heavy atom. The van der Waals surface area contributed by atoms with Crippen LogP contribution in [0.3, 0.4) is 0 Å². The molecule has 1 aromatic rings. The minimum Gasteiger partial charge on any atom is -0.329 e. The van der Waals surface area contributed by atoms with Gasteiger partial charge in [-0.2, -0.15) is 0 Å². The topological polar surface area (TPSA) is 105 Å². The molecule has 0 bridgehead atoms. The first kappa shape index (κ1) is 18.4. The predicted octanol–water partition coefficient (Wildman–Crippen LogP) is 0.130. The Kier molecular flexibility index (Phi) is 5.28. The van der Waals surface area contributed by atoms with Gasteiger partial charge in [-0.25, -0.2) is 8.78 Å². The van der Waals surface area contributed by atoms with Crippen molar-refractivity contribution in [2.24, 2.45) is 5.73 Å². The van der Waals surface area contributed by atoms with Gasteiger partial charge in [-0.3, -0.25) is 19.7 Å². The zero-order valence-corrected chi connectivity index (χ0v) is 14.0. The van der Waals surface area contributed by atoms with E-state index >= 15 is 0 Å². The number of nitrogens with one attached hydrogen (secondary N) is 2. The molecule has 2 aliphatic rings. The molecule has 1 fully saturated rings. The van der Waals surface area contributed by atoms with Crippen molar-refractivity contribution < 1.29 is 23.2 Å². The van der Waals surface area contributed by atoms with Gasteiger partial charge in [-0.15, -0.1) is 0 Å². The maximum atomic E-state index is 12.7. The maximum absolute atomic E-state index is 12.7. The number of piperidine rings is 1. The molecule has 1 aromatic carbocycles. The number of carbonyl (C=O) groups is 3. The molecular formula is C17H20F2N4O3. The summed E-state index contributed by atoms with van der Waals surface area (Å²) in [5.41, 5.74) is 7.22. The lowest BCUT2D eigenvalue weighted by molar-refractivity contribution is -0.136. The smallest absolute Gasteiger partial charge is 0.255 e. The first-order valence-electron chi connectivity index (χ1n) is 8.38. The van der Waals surface area contributed by atoms with E-state index in [9.17, 15) is 23.2 Å². The van der Waals surface area contributed by atoms with E-state index in [0.29, 0.717) is 17.5 Å². The van der Waals surface area contributed by atoms with E-state index in [1.54, 1.807) is 18.2 Å². The molecule has 0 saturated carbocycles. The molecule has 2 unspecified atom stereocenters. The summed E-state index contributed by atoms with van der Waals surface area (Å²) < 4.78 is 25.5. The molecule has 4 N–H and O–H groups in total. The van der Waals surface area contributed by atoms with E-state index in [1.165, 1.54) is 4.90 Å². The summed E-state index contributed by atoms with van der Waals surface area (Å²) in [5.74, 6) is -1.09. The van der Waals surface area contributed by atoms with Crippen LogP contribution >= 0.6 is 0 Å². The minimum absolute atomic E-state index is 0.158. The van der Waals surface area contributed by atoms with Crippen LogP contribution in [-0.2, 0) is 22.7 Å². The Balaban J connectivity index is 1.71. The third kappa shape index (κ3) is 3.58. The van der Waals surface area contributed by atoms with Crippen LogP contribution in [0.15, 0.2) is 18.2 Å². The Bertz CT molecular complexity index is 741. The second-order valence-electron chi connectivity index (χ2n) is 6.45. The molecule has 0 aliphatic carbocycles. The van der Waals surface area contributed by atoms with E-state index in [1.807, 2.05) is 0 Å². The maximum Gasteiger partial charge on any atom is 0.255 e. The molecule has 0 aromatic heterocycles. The average molecular weight is 366 g/mol. The number of fused-ring (bicyclic) bond motifs is 1. The van der Waals surface area contributed by atoms with Crippen LogP contribution in [0.2, 0.25) is 0 Å². The zero-order valence-electron chi connectivity index (χ0n) is 14.0. The number of rotatable bonds is 6. The molecule has 1 saturated heterocycles. The fraction of sp³-hybridized carbons (Fsp3) is 0.471. The number of amides is 3. The van der Waals surface area contributed by atoms with Crippen molar-refractivity contribution in [3.8, 4) is 0 Å². The van der Waals surface area contributed by atoms with Gasteiger partial charge in [0.15, 0.2) is 0 Å². The van der Waals surface area contributed by atoms with Crippen molar-refractivity contribution >= 4 is 17.7 Å². The Hall–Kier alpha value is -2.39. The van der Waals surface area contributed by atoms with E-state index in [0.717, 1.165) is 5.56 Å². The highest BCUT2D eigenvalue weighted by Gasteiger charge is 2.39. The summed E-state index contributed by atoms with van der Waals surface area (Å²) in [4.78, 5) is 37.4. The highest BCUT2D eigenvalue weighted by atomic mass is 19.3. The van der Waals surface area contributed by atoms with Gasteiger partial charge < -0.3 is 16.0 Å². The molecule has 140 valence electrons. The third-order valence-corrected chi connectivity index (χ3v) is 4.72. The number of imide groups is 1. The summed E-state index contributed by atoms with van der Waals surface area (Å²) in [6.45, 7) is 0.257. The molecule has 2 aliphatic heterocycles. The molecule has 2 heterocycles. The molecule has 0 spiro atoms. The molecule has 3 rings (SSSR count). The molecule has 9 heteroatoms. The van der Waals surface area contributed by atoms with Crippen molar-refractivity contribution in [1.29, 1.82) is 0 Å². The SMILES string of the molecule is NCC(NCc1ccc2c(c1)C(=O)N(C1CCC(=O)NC1=O)C2)C(F)F. The molecule has 3 amide bonds. The number of halogens is 2. The van der Waals surface area contributed by atoms with E-state index in [4.69, 9.17) is 5.73 Å². The third-order valence-electron chi connectivity index (χ3n) is 4.72. The van der Waals surface area contributed by atoms with Crippen molar-refractivity contribution in [1.82, 2.24) is 15.5 Å². The van der Waals surface area contributed by atoms with E-state index < -0.39 is 24.4 Å². The predicted molar refractivity (Wildman–Crippen MR) is 88.2 cm³/mol. The van der Waals surface area contributed by atoms with Crippen molar-refractivity contribution in [3.05, 3.63) is 34.9 Å². The quantitative estimate of drug-likeness (QED) is 0.621. The fourth-order valence-corrected chi connectivity index (χ4v) is 3.24. The molecule has 26 heavy (non-hydrogen) atoms. The average Bonchev–Trinajstić information content (AvgIpc) is 2.92. The molecule has 0 radical (unpaired) electrons. The Morgan fingerprint density at radius 2 is 2.08 bits per heavy atom. The van der Waals surface area contributed by atoms with Crippen LogP contribution in [0.5, 0.6) is 0 Å². The Labute approximate surface area is 148 Å². The van der Waals surface area contributed by atoms with E-state index in [-0.39, 0.29) is 37.9 Å². The summed E-state index contributed by atoms with van der Waals surface area (Å²) >= 11 is 0. The van der Waals surface area contributed by atoms with Crippen LogP contribution in [0.1, 0.15) is 34.3 Å². The fourth-order valence-electron chi connectivity index (χ4n) is 3.24. The Morgan fingerprint density at radius 3 is 2.73 bits per heavy atom. The lowest BCUT2D eigenvalue weighted by atomic mass is 10.0. The van der Waals surface area contributed by atoms with Crippen molar-refractivity contribution in [2.75, 3.05) is 6.54 Å². The lowest BCUT2D eigenvalue weighted by Gasteiger charge is -2.29. The number of carbonyl (C=O) groups excluding carboxylic acids is 3. The number of benzene rings is 1. The monoisotopic (exact) mass is 366 g/mol. The summed E-state index contributed by atoms with van der Waals surface area (Å²) in [6, 6.07) is 3.38. The second kappa shape index (κ2) is 7.46. The number of nitrogens with two attached hydrogens (primary N) is 1. The van der Waals surface area contributed by atoms with Gasteiger partial charge >= 0.3 is 0 Å². The van der Waals surface area contributed by atoms with Crippen molar-refractivity contribution in [2.45, 2.75) is 44.4 Å². The van der Waals surface area contributed by atoms with Gasteiger partial charge in [0.1, 0.15) is 6.04 Å². The normalized spacial score (nSPS) is 21.2. The molecule has 7 nitrogen and oxygen atoms in total. The highest BCUT2D eigenvalue weighted by molar-refractivity contribution is 6.05. The number of hydrogen-bond acceptors (Lipinski definition) is 5. The minimum atomic E-state index is -2.57. The first-order valence-corrected chi connectivity index (χ1v) is 8.38. The van der Waals surface area contributed by atoms with Gasteiger partial charge in [-0.05, 0) is 23.6 Å². The number of nitrogens with zero attached hydrogens (tertiary/aromatic N) is 1. The van der Waals surface area contributed by atoms with Gasteiger partial charge in [0.25, 0.3) is 12.3 Å². The van der Waals surface area contributed by atoms with Crippen LogP contribution < -0.4 is 16.4 Å². The highest BCUT2D eigenvalue weighted by Crippen LogP contribution is 2.28. The first-order chi connectivity index (χ1) is 12.4. The molecular weight excluding hydrogens is 346 g/mol. The van der Waals surface area contributed by atoms with Crippen LogP contribution in [0.25, 0.3) is 0 Å². The van der Waals surface area contributed by atoms with Gasteiger partial charge in [-0.1, -0.05) is 12.1 Å². The second-order valence-corrected chi connectivity index (χ2v) is 6.45. The summed E-state index contributed by atoms with van der Waals surface area (Å²) in [5, 5.41) is 4.93. The largest absolute Gasteiger partial charge is 0.329 e. The lowest BCUT2D eigenvalue weighted by Crippen LogP contribution is -2.52. The van der Waals surface area contributed by atoms with Crippen LogP contribution in [0, 0.1) is 0 Å². The number of hydrogen-bond donors (Lipinski definition) is 3. The van der Waals surface area contributed by atoms with Gasteiger partial charge in [0.05, 0.1) is 6.04 Å². The standard InChI is InChI=1S/C17H20F2N4O3/c18-15(19)12(6-20)21-7-9-1-2-10-8-23(17(26)11(10)5-9)13-3-4-14(24)22-16(13)25/h1-2,5,12-13,15,21H,3-4,6-8,20H2,(H,22,24,25).